The van der Waals surface area contributed by atoms with Crippen LogP contribution in [0.25, 0.3) is 0 Å². The monoisotopic (exact) mass is 447 g/mol. The number of rotatable bonds is 4. The van der Waals surface area contributed by atoms with E-state index in [4.69, 9.17) is 0 Å². The summed E-state index contributed by atoms with van der Waals surface area (Å²) >= 11 is 0. The van der Waals surface area contributed by atoms with Crippen LogP contribution in [-0.4, -0.2) is 73.7 Å². The smallest absolute Gasteiger partial charge is 0.253 e. The highest BCUT2D eigenvalue weighted by Gasteiger charge is 2.34. The lowest BCUT2D eigenvalue weighted by molar-refractivity contribution is 0.0520. The highest BCUT2D eigenvalue weighted by atomic mass is 32.2. The molecule has 0 N–H and O–H groups in total. The average molecular weight is 448 g/mol. The van der Waals surface area contributed by atoms with Crippen LogP contribution in [0.2, 0.25) is 0 Å². The predicted octanol–water partition coefficient (Wildman–Crippen LogP) is 3.36. The molecule has 1 aromatic carbocycles. The van der Waals surface area contributed by atoms with Crippen molar-refractivity contribution >= 4 is 15.9 Å². The molecule has 2 atom stereocenters. The summed E-state index contributed by atoms with van der Waals surface area (Å²) in [5.74, 6) is 1.35. The minimum Gasteiger partial charge on any atom is -0.338 e. The van der Waals surface area contributed by atoms with Crippen molar-refractivity contribution in [3.05, 3.63) is 29.3 Å². The summed E-state index contributed by atoms with van der Waals surface area (Å²) in [6, 6.07) is 5.62. The van der Waals surface area contributed by atoms with E-state index in [0.29, 0.717) is 36.2 Å². The molecule has 2 saturated heterocycles. The van der Waals surface area contributed by atoms with E-state index in [-0.39, 0.29) is 10.8 Å². The van der Waals surface area contributed by atoms with Gasteiger partial charge in [0.05, 0.1) is 4.90 Å². The Labute approximate surface area is 187 Å². The number of benzene rings is 1. The number of carbonyl (C=O) groups excluding carboxylic acids is 1. The first-order chi connectivity index (χ1) is 14.8. The van der Waals surface area contributed by atoms with Gasteiger partial charge in [-0.1, -0.05) is 25.3 Å². The van der Waals surface area contributed by atoms with E-state index in [1.165, 1.54) is 25.7 Å². The number of likely N-dealkylation sites (tertiary alicyclic amines) is 1. The van der Waals surface area contributed by atoms with E-state index in [1.54, 1.807) is 22.5 Å². The molecule has 0 bridgehead atoms. The van der Waals surface area contributed by atoms with E-state index < -0.39 is 10.0 Å². The quantitative estimate of drug-likeness (QED) is 0.710. The zero-order valence-corrected chi connectivity index (χ0v) is 20.0. The highest BCUT2D eigenvalue weighted by molar-refractivity contribution is 7.89. The number of sulfonamides is 1. The lowest BCUT2D eigenvalue weighted by Crippen LogP contribution is -2.50. The standard InChI is InChI=1S/C24H37N3O3S/c1-18(2)25-12-14-27(15-13-25)31(29,30)23-16-21(9-8-19(23)3)24(28)26-11-10-20-6-4-5-7-22(20)17-26/h8-9,16,18,20,22H,4-7,10-15,17H2,1-3H3. The van der Waals surface area contributed by atoms with Crippen molar-refractivity contribution in [2.24, 2.45) is 11.8 Å². The summed E-state index contributed by atoms with van der Waals surface area (Å²) in [4.78, 5) is 17.8. The molecule has 1 amide bonds. The van der Waals surface area contributed by atoms with Crippen molar-refractivity contribution in [2.75, 3.05) is 39.3 Å². The molecule has 31 heavy (non-hydrogen) atoms. The van der Waals surface area contributed by atoms with E-state index in [1.807, 2.05) is 11.8 Å². The maximum Gasteiger partial charge on any atom is 0.253 e. The molecule has 2 unspecified atom stereocenters. The number of fused-ring (bicyclic) bond motifs is 1. The first kappa shape index (κ1) is 22.7. The number of piperazine rings is 1. The number of amides is 1. The summed E-state index contributed by atoms with van der Waals surface area (Å²) in [6.07, 6.45) is 6.17. The molecule has 2 heterocycles. The van der Waals surface area contributed by atoms with Crippen LogP contribution in [0.5, 0.6) is 0 Å². The van der Waals surface area contributed by atoms with Crippen LogP contribution >= 0.6 is 0 Å². The zero-order chi connectivity index (χ0) is 22.2. The highest BCUT2D eigenvalue weighted by Crippen LogP contribution is 2.36. The Balaban J connectivity index is 1.51. The van der Waals surface area contributed by atoms with E-state index >= 15 is 0 Å². The molecule has 1 aliphatic carbocycles. The van der Waals surface area contributed by atoms with Crippen molar-refractivity contribution < 1.29 is 13.2 Å². The zero-order valence-electron chi connectivity index (χ0n) is 19.2. The fraction of sp³-hybridized carbons (Fsp3) is 0.708. The summed E-state index contributed by atoms with van der Waals surface area (Å²) in [5, 5.41) is 0. The fourth-order valence-electron chi connectivity index (χ4n) is 5.58. The van der Waals surface area contributed by atoms with Gasteiger partial charge < -0.3 is 4.90 Å². The van der Waals surface area contributed by atoms with Gasteiger partial charge in [0.25, 0.3) is 5.91 Å². The van der Waals surface area contributed by atoms with Crippen molar-refractivity contribution in [2.45, 2.75) is 63.8 Å². The molecule has 3 fully saturated rings. The van der Waals surface area contributed by atoms with Gasteiger partial charge in [0, 0.05) is 50.9 Å². The maximum absolute atomic E-state index is 13.4. The van der Waals surface area contributed by atoms with E-state index in [2.05, 4.69) is 18.7 Å². The predicted molar refractivity (Wildman–Crippen MR) is 123 cm³/mol. The third-order valence-corrected chi connectivity index (χ3v) is 9.68. The number of hydrogen-bond donors (Lipinski definition) is 0. The Hall–Kier alpha value is -1.44. The van der Waals surface area contributed by atoms with Gasteiger partial charge >= 0.3 is 0 Å². The maximum atomic E-state index is 13.4. The van der Waals surface area contributed by atoms with E-state index in [0.717, 1.165) is 38.5 Å². The van der Waals surface area contributed by atoms with Crippen LogP contribution < -0.4 is 0 Å². The number of hydrogen-bond acceptors (Lipinski definition) is 4. The lowest BCUT2D eigenvalue weighted by atomic mass is 9.75. The number of nitrogens with zero attached hydrogens (tertiary/aromatic N) is 3. The van der Waals surface area contributed by atoms with Gasteiger partial charge in [0.1, 0.15) is 0 Å². The van der Waals surface area contributed by atoms with Crippen LogP contribution in [-0.2, 0) is 10.0 Å². The van der Waals surface area contributed by atoms with Gasteiger partial charge in [-0.3, -0.25) is 9.69 Å². The summed E-state index contributed by atoms with van der Waals surface area (Å²) in [6.45, 7) is 10.2. The fourth-order valence-corrected chi connectivity index (χ4v) is 7.25. The second-order valence-corrected chi connectivity index (χ2v) is 11.8. The van der Waals surface area contributed by atoms with Crippen molar-refractivity contribution in [1.82, 2.24) is 14.1 Å². The second-order valence-electron chi connectivity index (χ2n) is 9.86. The van der Waals surface area contributed by atoms with E-state index in [9.17, 15) is 13.2 Å². The van der Waals surface area contributed by atoms with Crippen LogP contribution in [0.4, 0.5) is 0 Å². The Bertz CT molecular complexity index is 907. The molecule has 0 spiro atoms. The number of aryl methyl sites for hydroxylation is 1. The molecule has 0 radical (unpaired) electrons. The Kier molecular flexibility index (Phi) is 6.75. The minimum absolute atomic E-state index is 0.0231. The number of carbonyl (C=O) groups is 1. The van der Waals surface area contributed by atoms with Crippen molar-refractivity contribution in [3.8, 4) is 0 Å². The molecule has 0 aromatic heterocycles. The average Bonchev–Trinajstić information content (AvgIpc) is 2.78. The van der Waals surface area contributed by atoms with Gasteiger partial charge in [-0.25, -0.2) is 8.42 Å². The van der Waals surface area contributed by atoms with Gasteiger partial charge in [0.15, 0.2) is 0 Å². The summed E-state index contributed by atoms with van der Waals surface area (Å²) < 4.78 is 28.4. The van der Waals surface area contributed by atoms with Gasteiger partial charge in [-0.2, -0.15) is 4.31 Å². The first-order valence-corrected chi connectivity index (χ1v) is 13.4. The Morgan fingerprint density at radius 3 is 2.32 bits per heavy atom. The molecule has 4 rings (SSSR count). The summed E-state index contributed by atoms with van der Waals surface area (Å²) in [5.41, 5.74) is 1.20. The molecular formula is C24H37N3O3S. The van der Waals surface area contributed by atoms with Gasteiger partial charge in [-0.15, -0.1) is 0 Å². The molecule has 7 heteroatoms. The SMILES string of the molecule is Cc1ccc(C(=O)N2CCC3CCCCC3C2)cc1S(=O)(=O)N1CCN(C(C)C)CC1. The normalized spacial score (nSPS) is 26.1. The first-order valence-electron chi connectivity index (χ1n) is 11.9. The molecule has 1 saturated carbocycles. The topological polar surface area (TPSA) is 60.9 Å². The third-order valence-electron chi connectivity index (χ3n) is 7.63. The van der Waals surface area contributed by atoms with Gasteiger partial charge in [0.2, 0.25) is 10.0 Å². The van der Waals surface area contributed by atoms with Crippen LogP contribution in [0.3, 0.4) is 0 Å². The van der Waals surface area contributed by atoms with Crippen molar-refractivity contribution in [3.63, 3.8) is 0 Å². The second kappa shape index (κ2) is 9.20. The largest absolute Gasteiger partial charge is 0.338 e. The summed E-state index contributed by atoms with van der Waals surface area (Å²) in [7, 11) is -3.61. The molecule has 6 nitrogen and oxygen atoms in total. The molecule has 172 valence electrons. The number of piperidine rings is 1. The Morgan fingerprint density at radius 1 is 0.968 bits per heavy atom. The minimum atomic E-state index is -3.61. The lowest BCUT2D eigenvalue weighted by Gasteiger charge is -2.41. The molecule has 2 aliphatic heterocycles. The van der Waals surface area contributed by atoms with Crippen LogP contribution in [0, 0.1) is 18.8 Å². The Morgan fingerprint density at radius 2 is 1.65 bits per heavy atom. The van der Waals surface area contributed by atoms with Crippen LogP contribution in [0.15, 0.2) is 23.1 Å². The molecular weight excluding hydrogens is 410 g/mol. The molecule has 1 aromatic rings. The van der Waals surface area contributed by atoms with Crippen molar-refractivity contribution in [1.29, 1.82) is 0 Å². The molecule has 3 aliphatic rings. The van der Waals surface area contributed by atoms with Gasteiger partial charge in [-0.05, 0) is 63.1 Å². The third kappa shape index (κ3) is 4.69. The van der Waals surface area contributed by atoms with Crippen LogP contribution in [0.1, 0.15) is 61.9 Å².